The SMILES string of the molecule is CC(=O)OCCOCSc1nnc(CC(O)c2nnc(SCOCCOC(C)=O)n2N)n1N. The molecule has 2 rings (SSSR count). The zero-order valence-corrected chi connectivity index (χ0v) is 19.7. The van der Waals surface area contributed by atoms with Crippen molar-refractivity contribution in [1.82, 2.24) is 29.7 Å². The third-order valence-corrected chi connectivity index (χ3v) is 5.35. The molecule has 2 aromatic rings. The molecule has 184 valence electrons. The number of hydrogen-bond acceptors (Lipinski definition) is 15. The molecule has 0 amide bonds. The van der Waals surface area contributed by atoms with Gasteiger partial charge in [0.1, 0.15) is 19.3 Å². The summed E-state index contributed by atoms with van der Waals surface area (Å²) in [5.41, 5.74) is 0. The van der Waals surface area contributed by atoms with E-state index in [-0.39, 0.29) is 62.5 Å². The summed E-state index contributed by atoms with van der Waals surface area (Å²) in [5, 5.41) is 27.0. The summed E-state index contributed by atoms with van der Waals surface area (Å²) in [7, 11) is 0. The number of rotatable bonds is 15. The molecule has 5 N–H and O–H groups in total. The lowest BCUT2D eigenvalue weighted by Gasteiger charge is -2.10. The number of esters is 2. The highest BCUT2D eigenvalue weighted by Crippen LogP contribution is 2.21. The van der Waals surface area contributed by atoms with Gasteiger partial charge in [-0.05, 0) is 0 Å². The van der Waals surface area contributed by atoms with E-state index in [9.17, 15) is 14.7 Å². The van der Waals surface area contributed by atoms with Crippen molar-refractivity contribution in [3.63, 3.8) is 0 Å². The van der Waals surface area contributed by atoms with Gasteiger partial charge in [-0.2, -0.15) is 0 Å². The van der Waals surface area contributed by atoms with E-state index >= 15 is 0 Å². The van der Waals surface area contributed by atoms with Gasteiger partial charge in [-0.15, -0.1) is 20.4 Å². The summed E-state index contributed by atoms with van der Waals surface area (Å²) in [6.45, 7) is 3.40. The van der Waals surface area contributed by atoms with E-state index in [1.54, 1.807) is 0 Å². The molecule has 0 saturated heterocycles. The van der Waals surface area contributed by atoms with Gasteiger partial charge in [0.15, 0.2) is 11.6 Å². The fourth-order valence-electron chi connectivity index (χ4n) is 2.22. The monoisotopic (exact) mass is 506 g/mol. The molecule has 0 aliphatic carbocycles. The first-order valence-electron chi connectivity index (χ1n) is 9.55. The largest absolute Gasteiger partial charge is 0.463 e. The van der Waals surface area contributed by atoms with E-state index in [0.717, 1.165) is 16.4 Å². The van der Waals surface area contributed by atoms with Gasteiger partial charge in [0.05, 0.1) is 25.1 Å². The van der Waals surface area contributed by atoms with Gasteiger partial charge in [0.25, 0.3) is 0 Å². The highest BCUT2D eigenvalue weighted by Gasteiger charge is 2.22. The van der Waals surface area contributed by atoms with Crippen molar-refractivity contribution in [2.24, 2.45) is 0 Å². The van der Waals surface area contributed by atoms with E-state index in [4.69, 9.17) is 30.6 Å². The van der Waals surface area contributed by atoms with Crippen LogP contribution >= 0.6 is 23.5 Å². The maximum absolute atomic E-state index is 10.7. The number of aromatic nitrogens is 6. The Morgan fingerprint density at radius 1 is 0.879 bits per heavy atom. The molecule has 0 spiro atoms. The van der Waals surface area contributed by atoms with Crippen LogP contribution in [0.5, 0.6) is 0 Å². The number of ether oxygens (including phenoxy) is 4. The number of carbonyl (C=O) groups is 2. The molecule has 15 nitrogen and oxygen atoms in total. The number of aliphatic hydroxyl groups excluding tert-OH is 1. The van der Waals surface area contributed by atoms with Gasteiger partial charge in [0.2, 0.25) is 10.3 Å². The summed E-state index contributed by atoms with van der Waals surface area (Å²) in [5.74, 6) is 12.0. The van der Waals surface area contributed by atoms with Crippen molar-refractivity contribution < 1.29 is 33.6 Å². The second-order valence-corrected chi connectivity index (χ2v) is 8.00. The summed E-state index contributed by atoms with van der Waals surface area (Å²) < 4.78 is 22.5. The molecule has 0 aromatic carbocycles. The average Bonchev–Trinajstić information content (AvgIpc) is 3.29. The Kier molecular flexibility index (Phi) is 11.2. The first-order valence-corrected chi connectivity index (χ1v) is 11.5. The minimum absolute atomic E-state index is 0.00372. The van der Waals surface area contributed by atoms with E-state index in [1.165, 1.54) is 30.3 Å². The zero-order chi connectivity index (χ0) is 24.2. The lowest BCUT2D eigenvalue weighted by molar-refractivity contribution is -0.143. The zero-order valence-electron chi connectivity index (χ0n) is 18.1. The Hall–Kier alpha value is -2.60. The van der Waals surface area contributed by atoms with Gasteiger partial charge in [-0.25, -0.2) is 9.35 Å². The van der Waals surface area contributed by atoms with E-state index in [2.05, 4.69) is 20.4 Å². The molecule has 1 atom stereocenters. The Morgan fingerprint density at radius 3 is 1.94 bits per heavy atom. The molecule has 0 radical (unpaired) electrons. The van der Waals surface area contributed by atoms with Gasteiger partial charge in [0, 0.05) is 20.3 Å². The third-order valence-electron chi connectivity index (χ3n) is 3.71. The fourth-order valence-corrected chi connectivity index (χ4v) is 3.51. The minimum atomic E-state index is -1.13. The smallest absolute Gasteiger partial charge is 0.302 e. The van der Waals surface area contributed by atoms with Crippen molar-refractivity contribution in [2.45, 2.75) is 36.7 Å². The number of aliphatic hydroxyl groups is 1. The van der Waals surface area contributed by atoms with Crippen molar-refractivity contribution in [2.75, 3.05) is 50.0 Å². The van der Waals surface area contributed by atoms with E-state index in [0.29, 0.717) is 16.1 Å². The Bertz CT molecular complexity index is 910. The highest BCUT2D eigenvalue weighted by atomic mass is 32.2. The third kappa shape index (κ3) is 9.04. The molecular weight excluding hydrogens is 480 g/mol. The molecule has 33 heavy (non-hydrogen) atoms. The topological polar surface area (TPSA) is 205 Å². The van der Waals surface area contributed by atoms with Crippen LogP contribution in [0.3, 0.4) is 0 Å². The molecule has 0 aliphatic heterocycles. The molecule has 0 bridgehead atoms. The Balaban J connectivity index is 1.78. The lowest BCUT2D eigenvalue weighted by atomic mass is 10.2. The van der Waals surface area contributed by atoms with Crippen LogP contribution in [0.25, 0.3) is 0 Å². The predicted octanol–water partition coefficient (Wildman–Crippen LogP) is -1.17. The predicted molar refractivity (Wildman–Crippen MR) is 116 cm³/mol. The van der Waals surface area contributed by atoms with Gasteiger partial charge < -0.3 is 35.7 Å². The summed E-state index contributed by atoms with van der Waals surface area (Å²) in [6.07, 6.45) is -1.14. The maximum Gasteiger partial charge on any atom is 0.302 e. The van der Waals surface area contributed by atoms with Crippen molar-refractivity contribution in [3.05, 3.63) is 11.6 Å². The number of nitrogens with zero attached hydrogens (tertiary/aromatic N) is 6. The minimum Gasteiger partial charge on any atom is -0.463 e. The van der Waals surface area contributed by atoms with Crippen molar-refractivity contribution in [1.29, 1.82) is 0 Å². The number of nitrogens with two attached hydrogens (primary N) is 2. The van der Waals surface area contributed by atoms with E-state index < -0.39 is 6.10 Å². The Morgan fingerprint density at radius 2 is 1.39 bits per heavy atom. The first-order chi connectivity index (χ1) is 15.8. The van der Waals surface area contributed by atoms with Crippen LogP contribution in [0.1, 0.15) is 31.6 Å². The second kappa shape index (κ2) is 13.8. The Labute approximate surface area is 197 Å². The van der Waals surface area contributed by atoms with Crippen molar-refractivity contribution in [3.8, 4) is 0 Å². The van der Waals surface area contributed by atoms with Crippen LogP contribution in [-0.4, -0.2) is 85.1 Å². The second-order valence-electron chi connectivity index (χ2n) is 6.22. The molecular formula is C16H26N8O7S2. The van der Waals surface area contributed by atoms with Gasteiger partial charge in [-0.1, -0.05) is 23.5 Å². The summed E-state index contributed by atoms with van der Waals surface area (Å²) in [6, 6.07) is 0. The van der Waals surface area contributed by atoms with Gasteiger partial charge in [-0.3, -0.25) is 9.59 Å². The van der Waals surface area contributed by atoms with E-state index in [1.807, 2.05) is 0 Å². The van der Waals surface area contributed by atoms with Crippen LogP contribution in [0.4, 0.5) is 0 Å². The van der Waals surface area contributed by atoms with Crippen LogP contribution < -0.4 is 11.7 Å². The highest BCUT2D eigenvalue weighted by molar-refractivity contribution is 7.99. The molecule has 2 heterocycles. The summed E-state index contributed by atoms with van der Waals surface area (Å²) >= 11 is 2.35. The number of thioether (sulfide) groups is 2. The normalized spacial score (nSPS) is 12.0. The number of nitrogen functional groups attached to an aromatic ring is 2. The molecule has 2 aromatic heterocycles. The summed E-state index contributed by atoms with van der Waals surface area (Å²) in [4.78, 5) is 21.4. The van der Waals surface area contributed by atoms with Crippen LogP contribution in [0, 0.1) is 0 Å². The van der Waals surface area contributed by atoms with Crippen LogP contribution in [0.15, 0.2) is 10.3 Å². The lowest BCUT2D eigenvalue weighted by Crippen LogP contribution is -2.21. The maximum atomic E-state index is 10.7. The number of carbonyl (C=O) groups excluding carboxylic acids is 2. The van der Waals surface area contributed by atoms with Gasteiger partial charge >= 0.3 is 11.9 Å². The van der Waals surface area contributed by atoms with Crippen LogP contribution in [-0.2, 0) is 35.0 Å². The molecule has 0 fully saturated rings. The van der Waals surface area contributed by atoms with Crippen LogP contribution in [0.2, 0.25) is 0 Å². The molecule has 0 saturated carbocycles. The fraction of sp³-hybridized carbons (Fsp3) is 0.625. The van der Waals surface area contributed by atoms with Crippen molar-refractivity contribution >= 4 is 35.5 Å². The standard InChI is InChI=1S/C16H26N8O7S2/c1-10(25)30-5-3-28-8-32-15-21-19-13(23(15)17)7-12(27)14-20-22-16(24(14)18)33-9-29-4-6-31-11(2)26/h12,27H,3-9,17-18H2,1-2H3. The quantitative estimate of drug-likeness (QED) is 0.0855. The first kappa shape index (κ1) is 26.7. The molecule has 1 unspecified atom stereocenters. The average molecular weight is 507 g/mol. The molecule has 17 heteroatoms. The number of hydrogen-bond donors (Lipinski definition) is 3. The molecule has 0 aliphatic rings.